The van der Waals surface area contributed by atoms with Crippen LogP contribution in [0, 0.1) is 0 Å². The molecule has 0 amide bonds. The summed E-state index contributed by atoms with van der Waals surface area (Å²) in [7, 11) is 0. The second kappa shape index (κ2) is 13.5. The second-order valence-corrected chi connectivity index (χ2v) is 14.0. The zero-order chi connectivity index (χ0) is 35.8. The minimum Gasteiger partial charge on any atom is -0.456 e. The fourth-order valence-corrected chi connectivity index (χ4v) is 8.15. The molecule has 0 aliphatic rings. The van der Waals surface area contributed by atoms with Gasteiger partial charge in [0.2, 0.25) is 0 Å². The van der Waals surface area contributed by atoms with Gasteiger partial charge in [0.25, 0.3) is 0 Å². The average molecular weight is 689 g/mol. The lowest BCUT2D eigenvalue weighted by Crippen LogP contribution is -2.05. The maximum absolute atomic E-state index is 6.13. The van der Waals surface area contributed by atoms with E-state index in [2.05, 4.69) is 200 Å². The first kappa shape index (κ1) is 31.7. The highest BCUT2D eigenvalue weighted by Gasteiger charge is 2.21. The monoisotopic (exact) mass is 688 g/mol. The molecular weight excluding hydrogens is 653 g/mol. The zero-order valence-electron chi connectivity index (χ0n) is 29.7. The molecule has 10 aromatic rings. The van der Waals surface area contributed by atoms with Gasteiger partial charge in [0.1, 0.15) is 11.2 Å². The van der Waals surface area contributed by atoms with Crippen LogP contribution in [-0.4, -0.2) is 0 Å². The van der Waals surface area contributed by atoms with Crippen LogP contribution in [0.5, 0.6) is 0 Å². The normalized spacial score (nSPS) is 12.0. The molecule has 0 N–H and O–H groups in total. The Balaban J connectivity index is 1.08. The van der Waals surface area contributed by atoms with Gasteiger partial charge in [-0.3, -0.25) is 0 Å². The van der Waals surface area contributed by atoms with E-state index in [1.165, 1.54) is 72.0 Å². The van der Waals surface area contributed by atoms with Gasteiger partial charge in [-0.25, -0.2) is 0 Å². The van der Waals surface area contributed by atoms with Crippen molar-refractivity contribution in [2.24, 2.45) is 0 Å². The van der Waals surface area contributed by atoms with Crippen molar-refractivity contribution in [3.8, 4) is 44.5 Å². The van der Waals surface area contributed by atoms with E-state index in [1.807, 2.05) is 12.1 Å². The SMILES string of the molecule is c1ccc(-c2cccc(-c3ccc(C(c4ccc(-c5ccc6oc7ccccc7c6c5)cc4)c4ccc(-c5ccccc5)c5ccccc45)cc3)c2)cc1. The van der Waals surface area contributed by atoms with Gasteiger partial charge in [-0.15, -0.1) is 0 Å². The predicted molar refractivity (Wildman–Crippen MR) is 227 cm³/mol. The van der Waals surface area contributed by atoms with Crippen LogP contribution in [0.4, 0.5) is 0 Å². The zero-order valence-corrected chi connectivity index (χ0v) is 29.7. The molecule has 1 atom stereocenters. The molecule has 1 unspecified atom stereocenters. The molecular formula is C53H36O. The van der Waals surface area contributed by atoms with Crippen LogP contribution in [0.1, 0.15) is 22.6 Å². The lowest BCUT2D eigenvalue weighted by molar-refractivity contribution is 0.669. The molecule has 9 aromatic carbocycles. The highest BCUT2D eigenvalue weighted by Crippen LogP contribution is 2.41. The predicted octanol–water partition coefficient (Wildman–Crippen LogP) is 14.6. The quantitative estimate of drug-likeness (QED) is 0.152. The number of para-hydroxylation sites is 1. The van der Waals surface area contributed by atoms with E-state index in [0.717, 1.165) is 21.9 Å². The summed E-state index contributed by atoms with van der Waals surface area (Å²) < 4.78 is 6.13. The van der Waals surface area contributed by atoms with Crippen molar-refractivity contribution in [2.45, 2.75) is 5.92 Å². The number of furan rings is 1. The minimum atomic E-state index is 0.0266. The van der Waals surface area contributed by atoms with Crippen LogP contribution in [0.2, 0.25) is 0 Å². The number of hydrogen-bond acceptors (Lipinski definition) is 1. The number of fused-ring (bicyclic) bond motifs is 4. The molecule has 0 fully saturated rings. The highest BCUT2D eigenvalue weighted by molar-refractivity contribution is 6.06. The molecule has 0 saturated carbocycles. The van der Waals surface area contributed by atoms with E-state index in [1.54, 1.807) is 0 Å². The largest absolute Gasteiger partial charge is 0.456 e. The van der Waals surface area contributed by atoms with Crippen LogP contribution < -0.4 is 0 Å². The van der Waals surface area contributed by atoms with E-state index >= 15 is 0 Å². The molecule has 1 heterocycles. The molecule has 1 heteroatoms. The van der Waals surface area contributed by atoms with Crippen LogP contribution in [-0.2, 0) is 0 Å². The van der Waals surface area contributed by atoms with E-state index in [0.29, 0.717) is 0 Å². The van der Waals surface area contributed by atoms with Gasteiger partial charge in [0.15, 0.2) is 0 Å². The number of benzene rings is 9. The molecule has 54 heavy (non-hydrogen) atoms. The van der Waals surface area contributed by atoms with Crippen molar-refractivity contribution < 1.29 is 4.42 Å². The molecule has 0 saturated heterocycles. The number of rotatable bonds is 7. The summed E-state index contributed by atoms with van der Waals surface area (Å²) in [6, 6.07) is 76.8. The van der Waals surface area contributed by atoms with E-state index < -0.39 is 0 Å². The van der Waals surface area contributed by atoms with Gasteiger partial charge < -0.3 is 4.42 Å². The van der Waals surface area contributed by atoms with Crippen LogP contribution in [0.3, 0.4) is 0 Å². The average Bonchev–Trinajstić information content (AvgIpc) is 3.63. The van der Waals surface area contributed by atoms with Crippen LogP contribution in [0.25, 0.3) is 77.2 Å². The summed E-state index contributed by atoms with van der Waals surface area (Å²) in [6.07, 6.45) is 0. The molecule has 0 spiro atoms. The summed E-state index contributed by atoms with van der Waals surface area (Å²) in [5.41, 5.74) is 15.3. The third-order valence-corrected chi connectivity index (χ3v) is 10.9. The number of hydrogen-bond donors (Lipinski definition) is 0. The first-order chi connectivity index (χ1) is 26.8. The Kier molecular flexibility index (Phi) is 7.96. The lowest BCUT2D eigenvalue weighted by Gasteiger charge is -2.23. The van der Waals surface area contributed by atoms with Crippen molar-refractivity contribution in [3.05, 3.63) is 229 Å². The minimum absolute atomic E-state index is 0.0266. The third kappa shape index (κ3) is 5.77. The Morgan fingerprint density at radius 1 is 0.278 bits per heavy atom. The molecule has 10 rings (SSSR count). The Morgan fingerprint density at radius 2 is 0.759 bits per heavy atom. The van der Waals surface area contributed by atoms with Crippen molar-refractivity contribution >= 4 is 32.7 Å². The summed E-state index contributed by atoms with van der Waals surface area (Å²) in [6.45, 7) is 0. The standard InChI is InChI=1S/C53H36O/c1-3-12-36(13-4-1)42-16-11-17-43(34-42)37-22-26-40(27-23-37)53(49-32-31-45(39-14-5-2-6-15-39)46-18-7-8-19-47(46)49)41-28-24-38(25-29-41)44-30-33-52-50(35-44)48-20-9-10-21-51(48)54-52/h1-35,53H. The Bertz CT molecular complexity index is 2900. The van der Waals surface area contributed by atoms with Gasteiger partial charge in [0, 0.05) is 16.7 Å². The molecule has 0 aliphatic heterocycles. The summed E-state index contributed by atoms with van der Waals surface area (Å²) in [5, 5.41) is 4.82. The van der Waals surface area contributed by atoms with Gasteiger partial charge >= 0.3 is 0 Å². The van der Waals surface area contributed by atoms with Gasteiger partial charge in [-0.1, -0.05) is 188 Å². The third-order valence-electron chi connectivity index (χ3n) is 10.9. The topological polar surface area (TPSA) is 13.1 Å². The smallest absolute Gasteiger partial charge is 0.135 e. The van der Waals surface area contributed by atoms with Crippen molar-refractivity contribution in [2.75, 3.05) is 0 Å². The first-order valence-corrected chi connectivity index (χ1v) is 18.6. The van der Waals surface area contributed by atoms with Crippen LogP contribution in [0.15, 0.2) is 217 Å². The van der Waals surface area contributed by atoms with Crippen LogP contribution >= 0.6 is 0 Å². The maximum atomic E-state index is 6.13. The molecule has 254 valence electrons. The van der Waals surface area contributed by atoms with Crippen molar-refractivity contribution in [1.82, 2.24) is 0 Å². The van der Waals surface area contributed by atoms with Crippen molar-refractivity contribution in [3.63, 3.8) is 0 Å². The Hall–Kier alpha value is -6.96. The molecule has 0 aliphatic carbocycles. The second-order valence-electron chi connectivity index (χ2n) is 14.0. The Labute approximate surface area is 315 Å². The summed E-state index contributed by atoms with van der Waals surface area (Å²) in [5.74, 6) is 0.0266. The highest BCUT2D eigenvalue weighted by atomic mass is 16.3. The van der Waals surface area contributed by atoms with Gasteiger partial charge in [-0.2, -0.15) is 0 Å². The fourth-order valence-electron chi connectivity index (χ4n) is 8.15. The Morgan fingerprint density at radius 3 is 1.43 bits per heavy atom. The maximum Gasteiger partial charge on any atom is 0.135 e. The van der Waals surface area contributed by atoms with Gasteiger partial charge in [-0.05, 0) is 96.2 Å². The van der Waals surface area contributed by atoms with E-state index in [4.69, 9.17) is 4.42 Å². The lowest BCUT2D eigenvalue weighted by atomic mass is 9.80. The van der Waals surface area contributed by atoms with E-state index in [-0.39, 0.29) is 5.92 Å². The molecule has 0 bridgehead atoms. The van der Waals surface area contributed by atoms with E-state index in [9.17, 15) is 0 Å². The molecule has 1 aromatic heterocycles. The summed E-state index contributed by atoms with van der Waals surface area (Å²) >= 11 is 0. The van der Waals surface area contributed by atoms with Gasteiger partial charge in [0.05, 0.1) is 0 Å². The molecule has 0 radical (unpaired) electrons. The summed E-state index contributed by atoms with van der Waals surface area (Å²) in [4.78, 5) is 0. The fraction of sp³-hybridized carbons (Fsp3) is 0.0189. The molecule has 1 nitrogen and oxygen atoms in total. The first-order valence-electron chi connectivity index (χ1n) is 18.6. The van der Waals surface area contributed by atoms with Crippen molar-refractivity contribution in [1.29, 1.82) is 0 Å².